The van der Waals surface area contributed by atoms with E-state index in [0.29, 0.717) is 43.0 Å². The number of thiazole rings is 1. The van der Waals surface area contributed by atoms with Crippen LogP contribution in [-0.2, 0) is 6.18 Å². The molecule has 0 bridgehead atoms. The van der Waals surface area contributed by atoms with Crippen molar-refractivity contribution >= 4 is 29.0 Å². The molecular formula is C24H29F6N5O3S. The molecule has 0 aliphatic carbocycles. The molecule has 1 unspecified atom stereocenters. The maximum Gasteiger partial charge on any atom is 0.417 e. The van der Waals surface area contributed by atoms with E-state index in [2.05, 4.69) is 15.3 Å². The number of hydrogen-bond acceptors (Lipinski definition) is 7. The summed E-state index contributed by atoms with van der Waals surface area (Å²) in [7, 11) is 0. The van der Waals surface area contributed by atoms with Crippen molar-refractivity contribution in [2.24, 2.45) is 0 Å². The van der Waals surface area contributed by atoms with Crippen LogP contribution in [0.15, 0.2) is 12.3 Å². The number of alkyl halides is 6. The van der Waals surface area contributed by atoms with E-state index >= 15 is 0 Å². The van der Waals surface area contributed by atoms with Gasteiger partial charge in [0.15, 0.2) is 5.01 Å². The quantitative estimate of drug-likeness (QED) is 0.393. The lowest BCUT2D eigenvalue weighted by Crippen LogP contribution is -2.46. The fourth-order valence-electron chi connectivity index (χ4n) is 3.82. The van der Waals surface area contributed by atoms with E-state index < -0.39 is 57.9 Å². The number of nitrogens with one attached hydrogen (secondary N) is 2. The summed E-state index contributed by atoms with van der Waals surface area (Å²) in [5.41, 5.74) is -6.24. The largest absolute Gasteiger partial charge is 0.417 e. The molecule has 0 aromatic carbocycles. The van der Waals surface area contributed by atoms with Crippen molar-refractivity contribution < 1.29 is 41.0 Å². The van der Waals surface area contributed by atoms with Crippen LogP contribution in [0.2, 0.25) is 0 Å². The van der Waals surface area contributed by atoms with E-state index in [9.17, 15) is 41.0 Å². The predicted molar refractivity (Wildman–Crippen MR) is 132 cm³/mol. The lowest BCUT2D eigenvalue weighted by atomic mass is 10.0. The average Bonchev–Trinajstić information content (AvgIpc) is 3.41. The van der Waals surface area contributed by atoms with E-state index in [0.717, 1.165) is 13.8 Å². The Morgan fingerprint density at radius 1 is 1.15 bits per heavy atom. The summed E-state index contributed by atoms with van der Waals surface area (Å²) in [5, 5.41) is 14.0. The van der Waals surface area contributed by atoms with Crippen LogP contribution in [0.1, 0.15) is 73.3 Å². The predicted octanol–water partition coefficient (Wildman–Crippen LogP) is 5.10. The normalized spacial score (nSPS) is 16.9. The summed E-state index contributed by atoms with van der Waals surface area (Å²) in [6.07, 6.45) is -7.77. The van der Waals surface area contributed by atoms with Gasteiger partial charge in [0.1, 0.15) is 17.1 Å². The van der Waals surface area contributed by atoms with Crippen LogP contribution in [0, 0.1) is 0 Å². The van der Waals surface area contributed by atoms with Crippen molar-refractivity contribution in [3.8, 4) is 10.4 Å². The van der Waals surface area contributed by atoms with Crippen molar-refractivity contribution in [3.63, 3.8) is 0 Å². The van der Waals surface area contributed by atoms with Crippen molar-refractivity contribution in [1.29, 1.82) is 0 Å². The highest BCUT2D eigenvalue weighted by Gasteiger charge is 2.48. The molecule has 1 atom stereocenters. The Morgan fingerprint density at radius 2 is 1.79 bits per heavy atom. The fraction of sp³-hybridized carbons (Fsp3) is 0.583. The van der Waals surface area contributed by atoms with E-state index in [1.807, 2.05) is 5.32 Å². The van der Waals surface area contributed by atoms with Gasteiger partial charge < -0.3 is 20.6 Å². The number of likely N-dealkylation sites (tertiary alicyclic amines) is 1. The van der Waals surface area contributed by atoms with Gasteiger partial charge in [-0.05, 0) is 53.5 Å². The number of carbonyl (C=O) groups excluding carboxylic acids is 2. The molecule has 15 heteroatoms. The highest BCUT2D eigenvalue weighted by atomic mass is 32.1. The third-order valence-electron chi connectivity index (χ3n) is 6.12. The molecule has 8 nitrogen and oxygen atoms in total. The number of aromatic nitrogens is 2. The van der Waals surface area contributed by atoms with Gasteiger partial charge in [0.2, 0.25) is 0 Å². The summed E-state index contributed by atoms with van der Waals surface area (Å²) in [4.78, 5) is 35.1. The molecule has 0 spiro atoms. The summed E-state index contributed by atoms with van der Waals surface area (Å²) in [6.45, 7) is 6.30. The fourth-order valence-corrected chi connectivity index (χ4v) is 4.82. The number of rotatable bonds is 7. The van der Waals surface area contributed by atoms with E-state index in [1.165, 1.54) is 18.7 Å². The minimum absolute atomic E-state index is 0.197. The van der Waals surface area contributed by atoms with Gasteiger partial charge in [-0.1, -0.05) is 0 Å². The van der Waals surface area contributed by atoms with Crippen LogP contribution in [0.4, 0.5) is 32.2 Å². The monoisotopic (exact) mass is 581 g/mol. The van der Waals surface area contributed by atoms with E-state index in [-0.39, 0.29) is 22.5 Å². The van der Waals surface area contributed by atoms with Crippen LogP contribution in [-0.4, -0.2) is 68.2 Å². The summed E-state index contributed by atoms with van der Waals surface area (Å²) < 4.78 is 82.6. The molecule has 3 heterocycles. The Balaban J connectivity index is 2.14. The van der Waals surface area contributed by atoms with Gasteiger partial charge in [0.05, 0.1) is 16.0 Å². The van der Waals surface area contributed by atoms with Gasteiger partial charge in [-0.15, -0.1) is 11.3 Å². The van der Waals surface area contributed by atoms with Gasteiger partial charge in [0.25, 0.3) is 11.8 Å². The molecule has 1 aliphatic rings. The maximum absolute atomic E-state index is 14.2. The molecule has 0 radical (unpaired) electrons. The first-order valence-corrected chi connectivity index (χ1v) is 12.8. The molecule has 1 aliphatic heterocycles. The van der Waals surface area contributed by atoms with Gasteiger partial charge >= 0.3 is 12.4 Å². The minimum atomic E-state index is -5.05. The molecule has 39 heavy (non-hydrogen) atoms. The number of carbonyl (C=O) groups is 2. The topological polar surface area (TPSA) is 107 Å². The van der Waals surface area contributed by atoms with Crippen LogP contribution in [0.3, 0.4) is 0 Å². The Hall–Kier alpha value is -2.94. The van der Waals surface area contributed by atoms with Crippen LogP contribution in [0.25, 0.3) is 10.4 Å². The highest BCUT2D eigenvalue weighted by Crippen LogP contribution is 2.43. The standard InChI is InChI=1S/C24H29F6N5O3S/c1-12-7-6-8-35(12)20(37)16-17(39-19(33-16)18(36)32-11-21(2,3)38)13-10-31-15(9-14(13)23(25,26)27)34-22(4,5)24(28,29)30/h9-10,12,38H,6-8,11H2,1-5H3,(H,31,34)(H,32,36). The second kappa shape index (κ2) is 10.6. The Kier molecular flexibility index (Phi) is 8.29. The number of anilines is 1. The molecule has 1 fully saturated rings. The SMILES string of the molecule is CC1CCCN1C(=O)c1nc(C(=O)NCC(C)(C)O)sc1-c1cnc(NC(C)(C)C(F)(F)F)cc1C(F)(F)F. The maximum atomic E-state index is 14.2. The zero-order valence-electron chi connectivity index (χ0n) is 21.8. The molecule has 0 saturated carbocycles. The molecule has 3 N–H and O–H groups in total. The van der Waals surface area contributed by atoms with Gasteiger partial charge in [-0.2, -0.15) is 26.3 Å². The molecule has 1 saturated heterocycles. The van der Waals surface area contributed by atoms with Crippen LogP contribution in [0.5, 0.6) is 0 Å². The number of pyridine rings is 1. The second-order valence-corrected chi connectivity index (χ2v) is 11.5. The number of halogens is 6. The lowest BCUT2D eigenvalue weighted by Gasteiger charge is -2.29. The second-order valence-electron chi connectivity index (χ2n) is 10.5. The number of nitrogens with zero attached hydrogens (tertiary/aromatic N) is 3. The first kappa shape index (κ1) is 30.6. The van der Waals surface area contributed by atoms with Gasteiger partial charge in [-0.3, -0.25) is 9.59 Å². The Bertz CT molecular complexity index is 1240. The zero-order valence-corrected chi connectivity index (χ0v) is 22.7. The molecule has 216 valence electrons. The Morgan fingerprint density at radius 3 is 2.31 bits per heavy atom. The molecule has 2 amide bonds. The lowest BCUT2D eigenvalue weighted by molar-refractivity contribution is -0.168. The number of hydrogen-bond donors (Lipinski definition) is 3. The first-order valence-electron chi connectivity index (χ1n) is 12.0. The van der Waals surface area contributed by atoms with Crippen LogP contribution < -0.4 is 10.6 Å². The van der Waals surface area contributed by atoms with Crippen molar-refractivity contribution in [3.05, 3.63) is 28.5 Å². The van der Waals surface area contributed by atoms with Gasteiger partial charge in [-0.25, -0.2) is 9.97 Å². The third-order valence-corrected chi connectivity index (χ3v) is 7.21. The molecule has 3 rings (SSSR count). The smallest absolute Gasteiger partial charge is 0.389 e. The van der Waals surface area contributed by atoms with E-state index in [1.54, 1.807) is 6.92 Å². The zero-order chi connectivity index (χ0) is 29.6. The molecule has 2 aromatic heterocycles. The molecular weight excluding hydrogens is 552 g/mol. The summed E-state index contributed by atoms with van der Waals surface area (Å²) in [5.74, 6) is -2.17. The first-order chi connectivity index (χ1) is 17.7. The van der Waals surface area contributed by atoms with E-state index in [4.69, 9.17) is 0 Å². The van der Waals surface area contributed by atoms with Crippen LogP contribution >= 0.6 is 11.3 Å². The Labute approximate surface area is 224 Å². The van der Waals surface area contributed by atoms with Crippen molar-refractivity contribution in [1.82, 2.24) is 20.2 Å². The summed E-state index contributed by atoms with van der Waals surface area (Å²) in [6, 6.07) is 0.222. The summed E-state index contributed by atoms with van der Waals surface area (Å²) >= 11 is 0.520. The third kappa shape index (κ3) is 6.99. The number of amides is 2. The van der Waals surface area contributed by atoms with Crippen molar-refractivity contribution in [2.45, 2.75) is 77.0 Å². The average molecular weight is 582 g/mol. The number of aliphatic hydroxyl groups is 1. The minimum Gasteiger partial charge on any atom is -0.389 e. The highest BCUT2D eigenvalue weighted by molar-refractivity contribution is 7.17. The molecule has 2 aromatic rings. The van der Waals surface area contributed by atoms with Gasteiger partial charge in [0, 0.05) is 30.9 Å². The van der Waals surface area contributed by atoms with Crippen molar-refractivity contribution in [2.75, 3.05) is 18.4 Å².